The average Bonchev–Trinajstić information content (AvgIpc) is 2.40. The number of aliphatic carboxylic acids is 1. The topological polar surface area (TPSA) is 53.4 Å². The number of carboxylic acids is 1. The quantitative estimate of drug-likeness (QED) is 0.929. The van der Waals surface area contributed by atoms with Crippen molar-refractivity contribution in [1.82, 2.24) is 9.88 Å². The first-order chi connectivity index (χ1) is 9.77. The second-order valence-electron chi connectivity index (χ2n) is 5.04. The van der Waals surface area contributed by atoms with E-state index in [1.165, 1.54) is 0 Å². The smallest absolute Gasteiger partial charge is 0.417 e. The van der Waals surface area contributed by atoms with Crippen molar-refractivity contribution < 1.29 is 23.1 Å². The lowest BCUT2D eigenvalue weighted by Gasteiger charge is -2.29. The third-order valence-electron chi connectivity index (χ3n) is 3.55. The number of nitrogens with zero attached hydrogens (tertiary/aromatic N) is 2. The molecule has 1 aromatic heterocycles. The molecule has 21 heavy (non-hydrogen) atoms. The maximum absolute atomic E-state index is 12.5. The summed E-state index contributed by atoms with van der Waals surface area (Å²) >= 11 is 5.85. The van der Waals surface area contributed by atoms with E-state index in [-0.39, 0.29) is 10.9 Å². The zero-order valence-corrected chi connectivity index (χ0v) is 11.8. The molecule has 0 atom stereocenters. The molecular formula is C13H14ClF3N2O2. The highest BCUT2D eigenvalue weighted by Crippen LogP contribution is 2.31. The predicted octanol–water partition coefficient (Wildman–Crippen LogP) is 3.05. The molecule has 116 valence electrons. The van der Waals surface area contributed by atoms with Crippen molar-refractivity contribution in [2.75, 3.05) is 13.1 Å². The minimum atomic E-state index is -4.46. The predicted molar refractivity (Wildman–Crippen MR) is 69.9 cm³/mol. The zero-order chi connectivity index (χ0) is 15.6. The maximum atomic E-state index is 12.5. The van der Waals surface area contributed by atoms with E-state index in [2.05, 4.69) is 4.98 Å². The van der Waals surface area contributed by atoms with E-state index in [9.17, 15) is 18.0 Å². The van der Waals surface area contributed by atoms with Gasteiger partial charge in [0.15, 0.2) is 0 Å². The Morgan fingerprint density at radius 1 is 1.43 bits per heavy atom. The Morgan fingerprint density at radius 3 is 2.52 bits per heavy atom. The van der Waals surface area contributed by atoms with Gasteiger partial charge in [0.2, 0.25) is 0 Å². The SMILES string of the molecule is O=C(O)C1CCN(Cc2ncc(C(F)(F)F)cc2Cl)CC1. The monoisotopic (exact) mass is 322 g/mol. The standard InChI is InChI=1S/C13H14ClF3N2O2/c14-10-5-9(13(15,16)17)6-18-11(10)7-19-3-1-8(2-4-19)12(20)21/h5-6,8H,1-4,7H2,(H,20,21). The Kier molecular flexibility index (Phi) is 4.73. The number of alkyl halides is 3. The molecule has 0 amide bonds. The molecule has 0 aliphatic carbocycles. The van der Waals surface area contributed by atoms with Crippen molar-refractivity contribution in [1.29, 1.82) is 0 Å². The van der Waals surface area contributed by atoms with Gasteiger partial charge in [0, 0.05) is 12.7 Å². The van der Waals surface area contributed by atoms with E-state index < -0.39 is 17.7 Å². The van der Waals surface area contributed by atoms with Gasteiger partial charge < -0.3 is 5.11 Å². The van der Waals surface area contributed by atoms with Crippen LogP contribution in [0.1, 0.15) is 24.1 Å². The molecule has 1 fully saturated rings. The van der Waals surface area contributed by atoms with Crippen LogP contribution in [0.4, 0.5) is 13.2 Å². The molecule has 1 aliphatic heterocycles. The van der Waals surface area contributed by atoms with Crippen LogP contribution in [-0.4, -0.2) is 34.0 Å². The summed E-state index contributed by atoms with van der Waals surface area (Å²) in [5, 5.41) is 8.88. The average molecular weight is 323 g/mol. The normalized spacial score (nSPS) is 17.9. The number of halogens is 4. The van der Waals surface area contributed by atoms with E-state index in [0.29, 0.717) is 38.2 Å². The number of carbonyl (C=O) groups is 1. The molecule has 0 unspecified atom stereocenters. The van der Waals surface area contributed by atoms with E-state index in [4.69, 9.17) is 16.7 Å². The van der Waals surface area contributed by atoms with Gasteiger partial charge in [-0.15, -0.1) is 0 Å². The second-order valence-corrected chi connectivity index (χ2v) is 5.45. The Hall–Kier alpha value is -1.34. The first-order valence-electron chi connectivity index (χ1n) is 6.44. The van der Waals surface area contributed by atoms with Crippen LogP contribution < -0.4 is 0 Å². The van der Waals surface area contributed by atoms with Gasteiger partial charge in [0.25, 0.3) is 0 Å². The molecule has 2 rings (SSSR count). The summed E-state index contributed by atoms with van der Waals surface area (Å²) in [4.78, 5) is 16.6. The number of piperidine rings is 1. The molecule has 1 N–H and O–H groups in total. The Morgan fingerprint density at radius 2 is 2.05 bits per heavy atom. The van der Waals surface area contributed by atoms with Gasteiger partial charge in [-0.1, -0.05) is 11.6 Å². The van der Waals surface area contributed by atoms with Crippen LogP contribution in [0.15, 0.2) is 12.3 Å². The van der Waals surface area contributed by atoms with Crippen LogP contribution in [-0.2, 0) is 17.5 Å². The fourth-order valence-corrected chi connectivity index (χ4v) is 2.51. The summed E-state index contributed by atoms with van der Waals surface area (Å²) in [5.74, 6) is -1.15. The molecule has 0 spiro atoms. The molecule has 0 aromatic carbocycles. The van der Waals surface area contributed by atoms with Crippen LogP contribution in [0.2, 0.25) is 5.02 Å². The van der Waals surface area contributed by atoms with Crippen molar-refractivity contribution in [3.05, 3.63) is 28.5 Å². The summed E-state index contributed by atoms with van der Waals surface area (Å²) in [5.41, 5.74) is -0.501. The molecule has 1 aromatic rings. The van der Waals surface area contributed by atoms with Crippen molar-refractivity contribution in [2.24, 2.45) is 5.92 Å². The number of likely N-dealkylation sites (tertiary alicyclic amines) is 1. The highest BCUT2D eigenvalue weighted by Gasteiger charge is 2.32. The lowest BCUT2D eigenvalue weighted by Crippen LogP contribution is -2.36. The van der Waals surface area contributed by atoms with Crippen LogP contribution in [0.3, 0.4) is 0 Å². The fraction of sp³-hybridized carbons (Fsp3) is 0.538. The van der Waals surface area contributed by atoms with Crippen LogP contribution in [0, 0.1) is 5.92 Å². The lowest BCUT2D eigenvalue weighted by atomic mass is 9.97. The summed E-state index contributed by atoms with van der Waals surface area (Å²) in [6.07, 6.45) is -2.65. The second kappa shape index (κ2) is 6.19. The number of carboxylic acid groups (broad SMARTS) is 1. The van der Waals surface area contributed by atoms with Crippen molar-refractivity contribution in [3.63, 3.8) is 0 Å². The fourth-order valence-electron chi connectivity index (χ4n) is 2.29. The van der Waals surface area contributed by atoms with E-state index in [1.807, 2.05) is 4.90 Å². The number of hydrogen-bond donors (Lipinski definition) is 1. The number of hydrogen-bond acceptors (Lipinski definition) is 3. The molecular weight excluding hydrogens is 309 g/mol. The summed E-state index contributed by atoms with van der Waals surface area (Å²) in [6, 6.07) is 0.869. The summed E-state index contributed by atoms with van der Waals surface area (Å²) in [7, 11) is 0. The van der Waals surface area contributed by atoms with Crippen molar-refractivity contribution in [2.45, 2.75) is 25.6 Å². The van der Waals surface area contributed by atoms with Gasteiger partial charge >= 0.3 is 12.1 Å². The van der Waals surface area contributed by atoms with Gasteiger partial charge in [0.1, 0.15) is 0 Å². The van der Waals surface area contributed by atoms with Gasteiger partial charge in [-0.2, -0.15) is 13.2 Å². The van der Waals surface area contributed by atoms with E-state index in [1.54, 1.807) is 0 Å². The third kappa shape index (κ3) is 4.07. The largest absolute Gasteiger partial charge is 0.481 e. The molecule has 0 bridgehead atoms. The number of rotatable bonds is 3. The van der Waals surface area contributed by atoms with Gasteiger partial charge in [0.05, 0.1) is 22.2 Å². The van der Waals surface area contributed by atoms with E-state index >= 15 is 0 Å². The molecule has 4 nitrogen and oxygen atoms in total. The Balaban J connectivity index is 2.00. The van der Waals surface area contributed by atoms with Crippen molar-refractivity contribution >= 4 is 17.6 Å². The van der Waals surface area contributed by atoms with Gasteiger partial charge in [-0.05, 0) is 32.0 Å². The summed E-state index contributed by atoms with van der Waals surface area (Å²) < 4.78 is 37.5. The highest BCUT2D eigenvalue weighted by atomic mass is 35.5. The van der Waals surface area contributed by atoms with Crippen LogP contribution in [0.5, 0.6) is 0 Å². The minimum Gasteiger partial charge on any atom is -0.481 e. The van der Waals surface area contributed by atoms with Gasteiger partial charge in [-0.25, -0.2) is 0 Å². The summed E-state index contributed by atoms with van der Waals surface area (Å²) in [6.45, 7) is 1.45. The molecule has 1 saturated heterocycles. The lowest BCUT2D eigenvalue weighted by molar-refractivity contribution is -0.143. The Labute approximate surface area is 124 Å². The zero-order valence-electron chi connectivity index (χ0n) is 11.0. The van der Waals surface area contributed by atoms with Crippen LogP contribution >= 0.6 is 11.6 Å². The van der Waals surface area contributed by atoms with Gasteiger partial charge in [-0.3, -0.25) is 14.7 Å². The minimum absolute atomic E-state index is 0.0230. The van der Waals surface area contributed by atoms with E-state index in [0.717, 1.165) is 12.3 Å². The molecule has 8 heteroatoms. The molecule has 2 heterocycles. The number of aromatic nitrogens is 1. The third-order valence-corrected chi connectivity index (χ3v) is 3.88. The number of pyridine rings is 1. The van der Waals surface area contributed by atoms with Crippen molar-refractivity contribution in [3.8, 4) is 0 Å². The molecule has 0 radical (unpaired) electrons. The highest BCUT2D eigenvalue weighted by molar-refractivity contribution is 6.31. The first kappa shape index (κ1) is 16.0. The molecule has 1 aliphatic rings. The van der Waals surface area contributed by atoms with Crippen LogP contribution in [0.25, 0.3) is 0 Å². The first-order valence-corrected chi connectivity index (χ1v) is 6.82. The molecule has 0 saturated carbocycles. The Bertz CT molecular complexity index is 529. The maximum Gasteiger partial charge on any atom is 0.417 e.